The molecule has 1 aromatic rings. The summed E-state index contributed by atoms with van der Waals surface area (Å²) in [7, 11) is 0. The predicted molar refractivity (Wildman–Crippen MR) is 90.9 cm³/mol. The lowest BCUT2D eigenvalue weighted by molar-refractivity contribution is 0.283. The second-order valence-electron chi connectivity index (χ2n) is 6.20. The highest BCUT2D eigenvalue weighted by atomic mass is 79.9. The van der Waals surface area contributed by atoms with Gasteiger partial charge in [-0.3, -0.25) is 0 Å². The lowest BCUT2D eigenvalue weighted by atomic mass is 9.82. The van der Waals surface area contributed by atoms with E-state index in [0.29, 0.717) is 5.92 Å². The van der Waals surface area contributed by atoms with Crippen molar-refractivity contribution < 1.29 is 4.39 Å². The topological polar surface area (TPSA) is 12.0 Å². The van der Waals surface area contributed by atoms with Crippen LogP contribution in [0.25, 0.3) is 0 Å². The Balaban J connectivity index is 2.20. The van der Waals surface area contributed by atoms with Crippen LogP contribution in [0.1, 0.15) is 69.9 Å². The zero-order chi connectivity index (χ0) is 15.1. The van der Waals surface area contributed by atoms with Crippen LogP contribution in [0.2, 0.25) is 0 Å². The first-order valence-electron chi connectivity index (χ1n) is 8.40. The van der Waals surface area contributed by atoms with Gasteiger partial charge >= 0.3 is 0 Å². The molecule has 1 aliphatic rings. The fourth-order valence-electron chi connectivity index (χ4n) is 3.40. The second kappa shape index (κ2) is 8.89. The Bertz CT molecular complexity index is 427. The molecule has 0 aliphatic heterocycles. The molecule has 1 unspecified atom stereocenters. The molecule has 1 N–H and O–H groups in total. The number of hydrogen-bond donors (Lipinski definition) is 1. The Morgan fingerprint density at radius 1 is 1.19 bits per heavy atom. The molecule has 21 heavy (non-hydrogen) atoms. The molecule has 1 saturated carbocycles. The van der Waals surface area contributed by atoms with Crippen molar-refractivity contribution in [2.24, 2.45) is 5.92 Å². The van der Waals surface area contributed by atoms with Crippen LogP contribution in [-0.2, 0) is 0 Å². The summed E-state index contributed by atoms with van der Waals surface area (Å²) in [5.41, 5.74) is 0.836. The Hall–Kier alpha value is -0.410. The fraction of sp³-hybridized carbons (Fsp3) is 0.667. The van der Waals surface area contributed by atoms with Crippen LogP contribution in [-0.4, -0.2) is 6.54 Å². The third kappa shape index (κ3) is 5.07. The van der Waals surface area contributed by atoms with Crippen LogP contribution in [0.4, 0.5) is 4.39 Å². The largest absolute Gasteiger partial charge is 0.310 e. The van der Waals surface area contributed by atoms with E-state index in [9.17, 15) is 4.39 Å². The first kappa shape index (κ1) is 17.0. The summed E-state index contributed by atoms with van der Waals surface area (Å²) >= 11 is 3.49. The third-order valence-electron chi connectivity index (χ3n) is 4.53. The molecule has 2 rings (SSSR count). The predicted octanol–water partition coefficient (Wildman–Crippen LogP) is 5.99. The summed E-state index contributed by atoms with van der Waals surface area (Å²) in [4.78, 5) is 0. The van der Waals surface area contributed by atoms with Crippen molar-refractivity contribution in [3.05, 3.63) is 34.1 Å². The van der Waals surface area contributed by atoms with E-state index in [1.807, 2.05) is 6.07 Å². The molecule has 1 aliphatic carbocycles. The summed E-state index contributed by atoms with van der Waals surface area (Å²) < 4.78 is 15.3. The molecule has 0 heterocycles. The van der Waals surface area contributed by atoms with Crippen LogP contribution < -0.4 is 5.32 Å². The molecule has 0 aromatic heterocycles. The monoisotopic (exact) mass is 355 g/mol. The van der Waals surface area contributed by atoms with Crippen molar-refractivity contribution in [1.82, 2.24) is 5.32 Å². The SMILES string of the molecule is CCCNC(c1cc(Br)ccc1F)C1CCCCCCC1. The minimum atomic E-state index is -0.0751. The summed E-state index contributed by atoms with van der Waals surface area (Å²) in [5.74, 6) is 0.481. The molecule has 1 aromatic carbocycles. The van der Waals surface area contributed by atoms with Gasteiger partial charge in [-0.1, -0.05) is 55.0 Å². The highest BCUT2D eigenvalue weighted by Crippen LogP contribution is 2.35. The van der Waals surface area contributed by atoms with E-state index in [1.54, 1.807) is 12.1 Å². The first-order valence-corrected chi connectivity index (χ1v) is 9.20. The molecular formula is C18H27BrFN. The minimum Gasteiger partial charge on any atom is -0.310 e. The Morgan fingerprint density at radius 2 is 1.86 bits per heavy atom. The molecule has 1 atom stereocenters. The zero-order valence-electron chi connectivity index (χ0n) is 13.0. The highest BCUT2D eigenvalue weighted by molar-refractivity contribution is 9.10. The van der Waals surface area contributed by atoms with E-state index in [-0.39, 0.29) is 11.9 Å². The van der Waals surface area contributed by atoms with Gasteiger partial charge in [0.1, 0.15) is 5.82 Å². The van der Waals surface area contributed by atoms with E-state index in [4.69, 9.17) is 0 Å². The summed E-state index contributed by atoms with van der Waals surface area (Å²) in [6.07, 6.45) is 10.1. The van der Waals surface area contributed by atoms with Gasteiger partial charge in [-0.25, -0.2) is 4.39 Å². The molecule has 1 fully saturated rings. The van der Waals surface area contributed by atoms with Crippen molar-refractivity contribution in [2.75, 3.05) is 6.54 Å². The van der Waals surface area contributed by atoms with Gasteiger partial charge in [0, 0.05) is 16.1 Å². The van der Waals surface area contributed by atoms with E-state index < -0.39 is 0 Å². The van der Waals surface area contributed by atoms with Gasteiger partial charge in [-0.15, -0.1) is 0 Å². The van der Waals surface area contributed by atoms with Crippen LogP contribution in [0.5, 0.6) is 0 Å². The normalized spacial score (nSPS) is 19.0. The van der Waals surface area contributed by atoms with Crippen molar-refractivity contribution in [3.8, 4) is 0 Å². The molecule has 0 bridgehead atoms. The van der Waals surface area contributed by atoms with Gasteiger partial charge in [0.2, 0.25) is 0 Å². The summed E-state index contributed by atoms with van der Waals surface area (Å²) in [6.45, 7) is 3.12. The highest BCUT2D eigenvalue weighted by Gasteiger charge is 2.25. The van der Waals surface area contributed by atoms with Gasteiger partial charge < -0.3 is 5.32 Å². The van der Waals surface area contributed by atoms with Gasteiger partial charge in [0.15, 0.2) is 0 Å². The zero-order valence-corrected chi connectivity index (χ0v) is 14.6. The summed E-state index contributed by atoms with van der Waals surface area (Å²) in [6, 6.07) is 5.48. The van der Waals surface area contributed by atoms with Crippen molar-refractivity contribution in [3.63, 3.8) is 0 Å². The Morgan fingerprint density at radius 3 is 2.52 bits per heavy atom. The van der Waals surface area contributed by atoms with Crippen molar-refractivity contribution in [1.29, 1.82) is 0 Å². The van der Waals surface area contributed by atoms with Gasteiger partial charge in [0.05, 0.1) is 0 Å². The van der Waals surface area contributed by atoms with Crippen molar-refractivity contribution >= 4 is 15.9 Å². The molecule has 118 valence electrons. The summed E-state index contributed by atoms with van der Waals surface area (Å²) in [5, 5.41) is 3.61. The lowest BCUT2D eigenvalue weighted by Gasteiger charge is -2.30. The Kier molecular flexibility index (Phi) is 7.18. The van der Waals surface area contributed by atoms with E-state index in [1.165, 1.54) is 44.9 Å². The third-order valence-corrected chi connectivity index (χ3v) is 5.02. The van der Waals surface area contributed by atoms with Crippen LogP contribution >= 0.6 is 15.9 Å². The standard InChI is InChI=1S/C18H27BrFN/c1-2-12-21-18(14-8-6-4-3-5-7-9-14)16-13-15(19)10-11-17(16)20/h10-11,13-14,18,21H,2-9,12H2,1H3. The average molecular weight is 356 g/mol. The van der Waals surface area contributed by atoms with Gasteiger partial charge in [-0.2, -0.15) is 0 Å². The molecule has 3 heteroatoms. The quantitative estimate of drug-likeness (QED) is 0.683. The Labute approximate surface area is 136 Å². The number of benzene rings is 1. The average Bonchev–Trinajstić information content (AvgIpc) is 2.44. The second-order valence-corrected chi connectivity index (χ2v) is 7.12. The maximum absolute atomic E-state index is 14.3. The maximum atomic E-state index is 14.3. The number of rotatable bonds is 5. The van der Waals surface area contributed by atoms with Crippen LogP contribution in [0.3, 0.4) is 0 Å². The molecular weight excluding hydrogens is 329 g/mol. The van der Waals surface area contributed by atoms with Gasteiger partial charge in [-0.05, 0) is 49.9 Å². The number of hydrogen-bond acceptors (Lipinski definition) is 1. The van der Waals surface area contributed by atoms with Crippen molar-refractivity contribution in [2.45, 2.75) is 64.3 Å². The van der Waals surface area contributed by atoms with E-state index in [2.05, 4.69) is 28.2 Å². The fourth-order valence-corrected chi connectivity index (χ4v) is 3.78. The number of halogens is 2. The van der Waals surface area contributed by atoms with E-state index >= 15 is 0 Å². The molecule has 0 saturated heterocycles. The van der Waals surface area contributed by atoms with Crippen LogP contribution in [0, 0.1) is 11.7 Å². The molecule has 1 nitrogen and oxygen atoms in total. The molecule has 0 spiro atoms. The van der Waals surface area contributed by atoms with Gasteiger partial charge in [0.25, 0.3) is 0 Å². The first-order chi connectivity index (χ1) is 10.2. The minimum absolute atomic E-state index is 0.0751. The number of nitrogens with one attached hydrogen (secondary N) is 1. The lowest BCUT2D eigenvalue weighted by Crippen LogP contribution is -2.30. The maximum Gasteiger partial charge on any atom is 0.128 e. The molecule has 0 amide bonds. The smallest absolute Gasteiger partial charge is 0.128 e. The van der Waals surface area contributed by atoms with E-state index in [0.717, 1.165) is 23.0 Å². The van der Waals surface area contributed by atoms with Crippen LogP contribution in [0.15, 0.2) is 22.7 Å². The molecule has 0 radical (unpaired) electrons.